The number of hydrazine groups is 1. The Kier molecular flexibility index (Phi) is 4.48. The number of benzene rings is 1. The lowest BCUT2D eigenvalue weighted by Gasteiger charge is -2.31. The second-order valence-electron chi connectivity index (χ2n) is 5.04. The van der Waals surface area contributed by atoms with Gasteiger partial charge >= 0.3 is 0 Å². The van der Waals surface area contributed by atoms with Gasteiger partial charge in [0, 0.05) is 29.6 Å². The standard InChI is InChI=1S/C15H20N4OS/c1-2-8-19-9-7-17-15(19)14(18-16)12-10-21-13-6-4-3-5-11(13)20-12/h3-7,9,12,14,18H,2,8,10,16H2,1H3. The van der Waals surface area contributed by atoms with Crippen LogP contribution in [0.3, 0.4) is 0 Å². The van der Waals surface area contributed by atoms with E-state index in [9.17, 15) is 0 Å². The number of aromatic nitrogens is 2. The van der Waals surface area contributed by atoms with Gasteiger partial charge in [-0.2, -0.15) is 0 Å². The van der Waals surface area contributed by atoms with Crippen LogP contribution < -0.4 is 16.0 Å². The van der Waals surface area contributed by atoms with E-state index in [0.717, 1.165) is 30.3 Å². The van der Waals surface area contributed by atoms with Crippen molar-refractivity contribution >= 4 is 11.8 Å². The Bertz CT molecular complexity index is 601. The zero-order valence-corrected chi connectivity index (χ0v) is 12.8. The number of para-hydroxylation sites is 1. The first kappa shape index (κ1) is 14.4. The highest BCUT2D eigenvalue weighted by Gasteiger charge is 2.31. The van der Waals surface area contributed by atoms with Crippen LogP contribution in [0.2, 0.25) is 0 Å². The summed E-state index contributed by atoms with van der Waals surface area (Å²) in [6.45, 7) is 3.09. The molecule has 2 aromatic rings. The third kappa shape index (κ3) is 2.92. The summed E-state index contributed by atoms with van der Waals surface area (Å²) in [4.78, 5) is 5.65. The SMILES string of the molecule is CCCn1ccnc1C(NN)C1CSc2ccccc2O1. The molecule has 1 aliphatic rings. The monoisotopic (exact) mass is 304 g/mol. The molecule has 0 saturated carbocycles. The second-order valence-corrected chi connectivity index (χ2v) is 6.10. The predicted octanol–water partition coefficient (Wildman–Crippen LogP) is 2.35. The van der Waals surface area contributed by atoms with E-state index in [4.69, 9.17) is 10.6 Å². The first-order valence-corrected chi connectivity index (χ1v) is 8.17. The van der Waals surface area contributed by atoms with E-state index in [2.05, 4.69) is 28.0 Å². The van der Waals surface area contributed by atoms with Crippen molar-refractivity contribution in [3.8, 4) is 5.75 Å². The van der Waals surface area contributed by atoms with Gasteiger partial charge in [-0.25, -0.2) is 10.4 Å². The summed E-state index contributed by atoms with van der Waals surface area (Å²) in [5.74, 6) is 8.50. The van der Waals surface area contributed by atoms with Gasteiger partial charge in [0.2, 0.25) is 0 Å². The molecule has 112 valence electrons. The summed E-state index contributed by atoms with van der Waals surface area (Å²) in [5, 5.41) is 0. The molecule has 2 atom stereocenters. The molecule has 0 saturated heterocycles. The molecule has 2 unspecified atom stereocenters. The summed E-state index contributed by atoms with van der Waals surface area (Å²) < 4.78 is 8.26. The Morgan fingerprint density at radius 3 is 3.19 bits per heavy atom. The first-order chi connectivity index (χ1) is 10.3. The molecular formula is C15H20N4OS. The van der Waals surface area contributed by atoms with Crippen molar-refractivity contribution in [1.29, 1.82) is 0 Å². The van der Waals surface area contributed by atoms with Crippen molar-refractivity contribution in [3.05, 3.63) is 42.5 Å². The van der Waals surface area contributed by atoms with E-state index in [-0.39, 0.29) is 12.1 Å². The van der Waals surface area contributed by atoms with Crippen molar-refractivity contribution in [3.63, 3.8) is 0 Å². The molecule has 5 nitrogen and oxygen atoms in total. The Morgan fingerprint density at radius 1 is 1.52 bits per heavy atom. The molecule has 0 amide bonds. The molecule has 0 spiro atoms. The minimum Gasteiger partial charge on any atom is -0.486 e. The van der Waals surface area contributed by atoms with Crippen molar-refractivity contribution in [2.24, 2.45) is 5.84 Å². The summed E-state index contributed by atoms with van der Waals surface area (Å²) in [6, 6.07) is 7.99. The van der Waals surface area contributed by atoms with Crippen molar-refractivity contribution in [1.82, 2.24) is 15.0 Å². The van der Waals surface area contributed by atoms with Gasteiger partial charge in [-0.15, -0.1) is 11.8 Å². The van der Waals surface area contributed by atoms with Gasteiger partial charge in [-0.3, -0.25) is 5.84 Å². The van der Waals surface area contributed by atoms with Crippen LogP contribution in [0.1, 0.15) is 25.2 Å². The molecule has 2 heterocycles. The third-order valence-corrected chi connectivity index (χ3v) is 4.72. The lowest BCUT2D eigenvalue weighted by Crippen LogP contribution is -2.43. The Hall–Kier alpha value is -1.50. The molecule has 3 N–H and O–H groups in total. The minimum absolute atomic E-state index is 0.0343. The molecule has 0 fully saturated rings. The third-order valence-electron chi connectivity index (χ3n) is 3.57. The largest absolute Gasteiger partial charge is 0.486 e. The van der Waals surface area contributed by atoms with Gasteiger partial charge in [-0.1, -0.05) is 19.1 Å². The number of aryl methyl sites for hydroxylation is 1. The lowest BCUT2D eigenvalue weighted by atomic mass is 10.1. The molecule has 3 rings (SSSR count). The number of ether oxygens (including phenoxy) is 1. The van der Waals surface area contributed by atoms with Crippen LogP contribution in [-0.2, 0) is 6.54 Å². The number of nitrogens with two attached hydrogens (primary N) is 1. The van der Waals surface area contributed by atoms with E-state index in [0.29, 0.717) is 0 Å². The van der Waals surface area contributed by atoms with E-state index in [1.54, 1.807) is 11.8 Å². The molecule has 0 bridgehead atoms. The quantitative estimate of drug-likeness (QED) is 0.656. The van der Waals surface area contributed by atoms with E-state index >= 15 is 0 Å². The van der Waals surface area contributed by atoms with Crippen molar-refractivity contribution in [2.45, 2.75) is 36.9 Å². The minimum atomic E-state index is -0.118. The maximum Gasteiger partial charge on any atom is 0.133 e. The number of nitrogens with one attached hydrogen (secondary N) is 1. The van der Waals surface area contributed by atoms with Gasteiger partial charge in [0.15, 0.2) is 0 Å². The normalized spacial score (nSPS) is 18.9. The van der Waals surface area contributed by atoms with Crippen LogP contribution in [0.4, 0.5) is 0 Å². The highest BCUT2D eigenvalue weighted by atomic mass is 32.2. The highest BCUT2D eigenvalue weighted by Crippen LogP contribution is 2.37. The summed E-state index contributed by atoms with van der Waals surface area (Å²) in [5.41, 5.74) is 2.88. The zero-order chi connectivity index (χ0) is 14.7. The number of hydrogen-bond acceptors (Lipinski definition) is 5. The Morgan fingerprint density at radius 2 is 2.38 bits per heavy atom. The molecule has 0 aliphatic carbocycles. The molecule has 1 aromatic carbocycles. The van der Waals surface area contributed by atoms with E-state index < -0.39 is 0 Å². The average Bonchev–Trinajstić information content (AvgIpc) is 2.97. The van der Waals surface area contributed by atoms with Crippen LogP contribution in [0.15, 0.2) is 41.6 Å². The number of fused-ring (bicyclic) bond motifs is 1. The molecule has 0 radical (unpaired) electrons. The van der Waals surface area contributed by atoms with Crippen molar-refractivity contribution in [2.75, 3.05) is 5.75 Å². The number of imidazole rings is 1. The zero-order valence-electron chi connectivity index (χ0n) is 12.0. The Balaban J connectivity index is 1.83. The van der Waals surface area contributed by atoms with Crippen LogP contribution in [0.5, 0.6) is 5.75 Å². The molecular weight excluding hydrogens is 284 g/mol. The fourth-order valence-electron chi connectivity index (χ4n) is 2.58. The fraction of sp³-hybridized carbons (Fsp3) is 0.400. The second kappa shape index (κ2) is 6.51. The van der Waals surface area contributed by atoms with Crippen LogP contribution in [-0.4, -0.2) is 21.4 Å². The maximum atomic E-state index is 6.13. The number of rotatable bonds is 5. The van der Waals surface area contributed by atoms with Gasteiger partial charge in [-0.05, 0) is 18.6 Å². The summed E-state index contributed by atoms with van der Waals surface area (Å²) >= 11 is 1.80. The molecule has 1 aliphatic heterocycles. The topological polar surface area (TPSA) is 65.1 Å². The van der Waals surface area contributed by atoms with E-state index in [1.165, 1.54) is 4.90 Å². The molecule has 1 aromatic heterocycles. The predicted molar refractivity (Wildman–Crippen MR) is 84.2 cm³/mol. The Labute approximate surface area is 128 Å². The summed E-state index contributed by atoms with van der Waals surface area (Å²) in [7, 11) is 0. The summed E-state index contributed by atoms with van der Waals surface area (Å²) in [6.07, 6.45) is 4.84. The first-order valence-electron chi connectivity index (χ1n) is 7.19. The fourth-order valence-corrected chi connectivity index (χ4v) is 3.62. The van der Waals surface area contributed by atoms with Crippen LogP contribution in [0, 0.1) is 0 Å². The lowest BCUT2D eigenvalue weighted by molar-refractivity contribution is 0.160. The van der Waals surface area contributed by atoms with Crippen LogP contribution in [0.25, 0.3) is 0 Å². The number of hydrogen-bond donors (Lipinski definition) is 2. The smallest absolute Gasteiger partial charge is 0.133 e. The maximum absolute atomic E-state index is 6.13. The van der Waals surface area contributed by atoms with Gasteiger partial charge < -0.3 is 9.30 Å². The van der Waals surface area contributed by atoms with Gasteiger partial charge in [0.1, 0.15) is 23.7 Å². The number of nitrogens with zero attached hydrogens (tertiary/aromatic N) is 2. The van der Waals surface area contributed by atoms with Crippen LogP contribution >= 0.6 is 11.8 Å². The highest BCUT2D eigenvalue weighted by molar-refractivity contribution is 7.99. The number of thioether (sulfide) groups is 1. The van der Waals surface area contributed by atoms with E-state index in [1.807, 2.05) is 30.6 Å². The van der Waals surface area contributed by atoms with Crippen molar-refractivity contribution < 1.29 is 4.74 Å². The molecule has 21 heavy (non-hydrogen) atoms. The molecule has 6 heteroatoms. The van der Waals surface area contributed by atoms with Gasteiger partial charge in [0.05, 0.1) is 0 Å². The van der Waals surface area contributed by atoms with Gasteiger partial charge in [0.25, 0.3) is 0 Å². The average molecular weight is 304 g/mol.